The van der Waals surface area contributed by atoms with Crippen molar-refractivity contribution in [3.63, 3.8) is 0 Å². The van der Waals surface area contributed by atoms with Gasteiger partial charge < -0.3 is 5.73 Å². The molecular formula is C11H13N3O2S. The molecule has 2 rings (SSSR count). The molecule has 3 N–H and O–H groups in total. The summed E-state index contributed by atoms with van der Waals surface area (Å²) in [6.45, 7) is 0.269. The molecule has 0 aromatic carbocycles. The summed E-state index contributed by atoms with van der Waals surface area (Å²) in [5.41, 5.74) is 5.96. The fraction of sp³-hybridized carbons (Fsp3) is 0.364. The van der Waals surface area contributed by atoms with E-state index in [0.29, 0.717) is 11.4 Å². The minimum Gasteiger partial charge on any atom is -0.320 e. The molecule has 90 valence electrons. The van der Waals surface area contributed by atoms with E-state index in [4.69, 9.17) is 5.73 Å². The van der Waals surface area contributed by atoms with Crippen LogP contribution in [0.5, 0.6) is 0 Å². The molecule has 1 fully saturated rings. The Balaban J connectivity index is 2.16. The standard InChI is InChI=1S/C11H13N3O2S/c12-6-1-2-9-5-7-13-11(8-9)14-17(15,16)10-3-4-10/h5,7-8,10H,3-4,6,12H2,(H,13,14). The van der Waals surface area contributed by atoms with Gasteiger partial charge in [-0.2, -0.15) is 0 Å². The lowest BCUT2D eigenvalue weighted by Crippen LogP contribution is -2.18. The van der Waals surface area contributed by atoms with Crippen LogP contribution < -0.4 is 10.5 Å². The van der Waals surface area contributed by atoms with Gasteiger partial charge in [-0.1, -0.05) is 11.8 Å². The van der Waals surface area contributed by atoms with Crippen LogP contribution in [0.3, 0.4) is 0 Å². The van der Waals surface area contributed by atoms with Crippen molar-refractivity contribution in [1.29, 1.82) is 0 Å². The molecule has 0 saturated heterocycles. The zero-order chi connectivity index (χ0) is 12.3. The Morgan fingerprint density at radius 2 is 2.29 bits per heavy atom. The minimum absolute atomic E-state index is 0.261. The van der Waals surface area contributed by atoms with Gasteiger partial charge in [0, 0.05) is 11.8 Å². The van der Waals surface area contributed by atoms with Gasteiger partial charge in [0.1, 0.15) is 5.82 Å². The second-order valence-electron chi connectivity index (χ2n) is 3.78. The van der Waals surface area contributed by atoms with Crippen LogP contribution in [0.4, 0.5) is 5.82 Å². The molecule has 1 aliphatic carbocycles. The van der Waals surface area contributed by atoms with Crippen LogP contribution in [0, 0.1) is 11.8 Å². The molecule has 0 radical (unpaired) electrons. The highest BCUT2D eigenvalue weighted by atomic mass is 32.2. The maximum Gasteiger partial charge on any atom is 0.236 e. The Kier molecular flexibility index (Phi) is 3.31. The Hall–Kier alpha value is -1.58. The lowest BCUT2D eigenvalue weighted by atomic mass is 10.2. The lowest BCUT2D eigenvalue weighted by Gasteiger charge is -2.05. The molecule has 0 spiro atoms. The highest BCUT2D eigenvalue weighted by Crippen LogP contribution is 2.29. The predicted molar refractivity (Wildman–Crippen MR) is 65.7 cm³/mol. The SMILES string of the molecule is NCC#Cc1ccnc(NS(=O)(=O)C2CC2)c1. The van der Waals surface area contributed by atoms with E-state index >= 15 is 0 Å². The average Bonchev–Trinajstić information content (AvgIpc) is 3.10. The van der Waals surface area contributed by atoms with Crippen molar-refractivity contribution < 1.29 is 8.42 Å². The smallest absolute Gasteiger partial charge is 0.236 e. The summed E-state index contributed by atoms with van der Waals surface area (Å²) in [6, 6.07) is 3.31. The van der Waals surface area contributed by atoms with Gasteiger partial charge in [-0.3, -0.25) is 4.72 Å². The minimum atomic E-state index is -3.26. The Bertz CT molecular complexity index is 568. The molecule has 1 heterocycles. The molecule has 0 atom stereocenters. The summed E-state index contributed by atoms with van der Waals surface area (Å²) in [5.74, 6) is 5.83. The first-order chi connectivity index (χ1) is 8.12. The fourth-order valence-corrected chi connectivity index (χ4v) is 2.65. The average molecular weight is 251 g/mol. The van der Waals surface area contributed by atoms with Gasteiger partial charge in [-0.25, -0.2) is 13.4 Å². The number of pyridine rings is 1. The number of aromatic nitrogens is 1. The van der Waals surface area contributed by atoms with Gasteiger partial charge in [0.15, 0.2) is 0 Å². The normalized spacial score (nSPS) is 14.9. The van der Waals surface area contributed by atoms with E-state index in [1.54, 1.807) is 12.1 Å². The van der Waals surface area contributed by atoms with Crippen molar-refractivity contribution in [2.24, 2.45) is 5.73 Å². The van der Waals surface area contributed by atoms with E-state index in [-0.39, 0.29) is 11.8 Å². The van der Waals surface area contributed by atoms with Crippen LogP contribution in [-0.2, 0) is 10.0 Å². The Labute approximate surface area is 100 Å². The summed E-state index contributed by atoms with van der Waals surface area (Å²) >= 11 is 0. The molecular weight excluding hydrogens is 238 g/mol. The highest BCUT2D eigenvalue weighted by molar-refractivity contribution is 7.93. The molecule has 1 aromatic rings. The number of rotatable bonds is 3. The summed E-state index contributed by atoms with van der Waals surface area (Å²) in [5, 5.41) is -0.261. The van der Waals surface area contributed by atoms with Crippen LogP contribution in [-0.4, -0.2) is 25.2 Å². The molecule has 1 saturated carbocycles. The summed E-state index contributed by atoms with van der Waals surface area (Å²) in [7, 11) is -3.26. The van der Waals surface area contributed by atoms with Crippen LogP contribution in [0.25, 0.3) is 0 Å². The monoisotopic (exact) mass is 251 g/mol. The van der Waals surface area contributed by atoms with Gasteiger partial charge in [-0.05, 0) is 25.0 Å². The molecule has 0 unspecified atom stereocenters. The van der Waals surface area contributed by atoms with Crippen molar-refractivity contribution in [2.75, 3.05) is 11.3 Å². The number of nitrogens with zero attached hydrogens (tertiary/aromatic N) is 1. The molecule has 0 amide bonds. The first-order valence-electron chi connectivity index (χ1n) is 5.28. The van der Waals surface area contributed by atoms with Gasteiger partial charge in [-0.15, -0.1) is 0 Å². The first kappa shape index (κ1) is 11.9. The zero-order valence-electron chi connectivity index (χ0n) is 9.18. The molecule has 0 bridgehead atoms. The largest absolute Gasteiger partial charge is 0.320 e. The van der Waals surface area contributed by atoms with E-state index in [2.05, 4.69) is 21.5 Å². The van der Waals surface area contributed by atoms with Crippen molar-refractivity contribution in [1.82, 2.24) is 4.98 Å². The fourth-order valence-electron chi connectivity index (χ4n) is 1.32. The van der Waals surface area contributed by atoms with E-state index in [1.165, 1.54) is 6.20 Å². The number of nitrogens with one attached hydrogen (secondary N) is 1. The quantitative estimate of drug-likeness (QED) is 0.756. The van der Waals surface area contributed by atoms with E-state index in [9.17, 15) is 8.42 Å². The molecule has 17 heavy (non-hydrogen) atoms. The van der Waals surface area contributed by atoms with Crippen LogP contribution in [0.15, 0.2) is 18.3 Å². The summed E-state index contributed by atoms with van der Waals surface area (Å²) < 4.78 is 25.8. The Morgan fingerprint density at radius 1 is 1.53 bits per heavy atom. The molecule has 1 aromatic heterocycles. The second-order valence-corrected chi connectivity index (χ2v) is 5.74. The van der Waals surface area contributed by atoms with E-state index in [1.807, 2.05) is 0 Å². The molecule has 1 aliphatic rings. The topological polar surface area (TPSA) is 85.1 Å². The third-order valence-corrected chi connectivity index (χ3v) is 4.15. The number of anilines is 1. The third kappa shape index (κ3) is 3.19. The predicted octanol–water partition coefficient (Wildman–Crippen LogP) is 0.296. The van der Waals surface area contributed by atoms with Crippen molar-refractivity contribution >= 4 is 15.8 Å². The van der Waals surface area contributed by atoms with Crippen LogP contribution in [0.1, 0.15) is 18.4 Å². The van der Waals surface area contributed by atoms with Gasteiger partial charge in [0.05, 0.1) is 11.8 Å². The summed E-state index contributed by atoms with van der Waals surface area (Å²) in [6.07, 6.45) is 2.97. The third-order valence-electron chi connectivity index (χ3n) is 2.30. The van der Waals surface area contributed by atoms with E-state index < -0.39 is 10.0 Å². The van der Waals surface area contributed by atoms with Crippen molar-refractivity contribution in [2.45, 2.75) is 18.1 Å². The van der Waals surface area contributed by atoms with Crippen molar-refractivity contribution in [3.8, 4) is 11.8 Å². The van der Waals surface area contributed by atoms with Crippen LogP contribution in [0.2, 0.25) is 0 Å². The van der Waals surface area contributed by atoms with Gasteiger partial charge in [0.25, 0.3) is 0 Å². The van der Waals surface area contributed by atoms with E-state index in [0.717, 1.165) is 12.8 Å². The first-order valence-corrected chi connectivity index (χ1v) is 6.83. The van der Waals surface area contributed by atoms with Crippen LogP contribution >= 0.6 is 0 Å². The summed E-state index contributed by atoms with van der Waals surface area (Å²) in [4.78, 5) is 3.95. The zero-order valence-corrected chi connectivity index (χ0v) is 10.00. The number of nitrogens with two attached hydrogens (primary N) is 1. The second kappa shape index (κ2) is 4.73. The number of hydrogen-bond donors (Lipinski definition) is 2. The maximum absolute atomic E-state index is 11.7. The molecule has 5 nitrogen and oxygen atoms in total. The number of sulfonamides is 1. The van der Waals surface area contributed by atoms with Crippen molar-refractivity contribution in [3.05, 3.63) is 23.9 Å². The molecule has 6 heteroatoms. The highest BCUT2D eigenvalue weighted by Gasteiger charge is 2.35. The Morgan fingerprint density at radius 3 is 2.94 bits per heavy atom. The van der Waals surface area contributed by atoms with Gasteiger partial charge in [0.2, 0.25) is 10.0 Å². The maximum atomic E-state index is 11.7. The van der Waals surface area contributed by atoms with Gasteiger partial charge >= 0.3 is 0 Å². The number of hydrogen-bond acceptors (Lipinski definition) is 4. The lowest BCUT2D eigenvalue weighted by molar-refractivity contribution is 0.600. The molecule has 0 aliphatic heterocycles.